The number of hydrogen-bond acceptors (Lipinski definition) is 2. The van der Waals surface area contributed by atoms with Crippen LogP contribution in [-0.4, -0.2) is 35.8 Å². The number of carbonyl (C=O) groups is 2. The van der Waals surface area contributed by atoms with Gasteiger partial charge in [-0.3, -0.25) is 9.59 Å². The summed E-state index contributed by atoms with van der Waals surface area (Å²) in [6.07, 6.45) is 3.24. The van der Waals surface area contributed by atoms with E-state index < -0.39 is 0 Å². The molecule has 1 atom stereocenters. The number of amides is 2. The van der Waals surface area contributed by atoms with Crippen molar-refractivity contribution in [2.24, 2.45) is 0 Å². The quantitative estimate of drug-likeness (QED) is 0.840. The molecule has 1 aliphatic heterocycles. The van der Waals surface area contributed by atoms with Crippen LogP contribution in [0.25, 0.3) is 0 Å². The maximum atomic E-state index is 13.3. The Morgan fingerprint density at radius 1 is 1.45 bits per heavy atom. The van der Waals surface area contributed by atoms with Gasteiger partial charge in [-0.15, -0.1) is 0 Å². The lowest BCUT2D eigenvalue weighted by Gasteiger charge is -2.28. The van der Waals surface area contributed by atoms with Crippen molar-refractivity contribution < 1.29 is 14.0 Å². The third kappa shape index (κ3) is 4.55. The Kier molecular flexibility index (Phi) is 5.92. The normalized spacial score (nSPS) is 15.9. The van der Waals surface area contributed by atoms with Gasteiger partial charge in [0.25, 0.3) is 0 Å². The minimum Gasteiger partial charge on any atom is -0.354 e. The molecule has 0 aliphatic carbocycles. The first-order valence-corrected chi connectivity index (χ1v) is 7.90. The molecule has 1 unspecified atom stereocenters. The molecule has 5 heteroatoms. The average Bonchev–Trinajstić information content (AvgIpc) is 2.90. The minimum absolute atomic E-state index is 0.00149. The van der Waals surface area contributed by atoms with E-state index in [1.54, 1.807) is 6.07 Å². The van der Waals surface area contributed by atoms with E-state index >= 15 is 0 Å². The van der Waals surface area contributed by atoms with Crippen molar-refractivity contribution in [3.8, 4) is 0 Å². The highest BCUT2D eigenvalue weighted by molar-refractivity contribution is 5.79. The standard InChI is InChI=1S/C17H23FN2O2/c1-2-5-16(21)19-12-15(20-9-4-8-17(20)22)11-13-6-3-7-14(18)10-13/h3,6-7,10,15H,2,4-5,8-9,11-12H2,1H3,(H,19,21). The highest BCUT2D eigenvalue weighted by Crippen LogP contribution is 2.17. The van der Waals surface area contributed by atoms with Gasteiger partial charge in [0.15, 0.2) is 0 Å². The van der Waals surface area contributed by atoms with Crippen LogP contribution in [0.4, 0.5) is 4.39 Å². The third-order valence-corrected chi connectivity index (χ3v) is 3.92. The van der Waals surface area contributed by atoms with Crippen LogP contribution in [0.3, 0.4) is 0 Å². The van der Waals surface area contributed by atoms with Gasteiger partial charge in [0, 0.05) is 25.9 Å². The summed E-state index contributed by atoms with van der Waals surface area (Å²) in [5.41, 5.74) is 0.842. The Morgan fingerprint density at radius 3 is 2.91 bits per heavy atom. The molecule has 2 amide bonds. The van der Waals surface area contributed by atoms with Crippen LogP contribution in [0.1, 0.15) is 38.2 Å². The molecule has 1 aliphatic rings. The zero-order valence-corrected chi connectivity index (χ0v) is 13.0. The highest BCUT2D eigenvalue weighted by Gasteiger charge is 2.28. The van der Waals surface area contributed by atoms with Gasteiger partial charge in [-0.25, -0.2) is 4.39 Å². The molecule has 22 heavy (non-hydrogen) atoms. The Morgan fingerprint density at radius 2 is 2.27 bits per heavy atom. The van der Waals surface area contributed by atoms with Crippen LogP contribution in [0.5, 0.6) is 0 Å². The fraction of sp³-hybridized carbons (Fsp3) is 0.529. The first-order valence-electron chi connectivity index (χ1n) is 7.90. The van der Waals surface area contributed by atoms with Crippen LogP contribution < -0.4 is 5.32 Å². The number of rotatable bonds is 7. The largest absolute Gasteiger partial charge is 0.354 e. The van der Waals surface area contributed by atoms with Crippen molar-refractivity contribution >= 4 is 11.8 Å². The molecule has 1 fully saturated rings. The predicted octanol–water partition coefficient (Wildman–Crippen LogP) is 2.28. The summed E-state index contributed by atoms with van der Waals surface area (Å²) in [7, 11) is 0. The molecule has 0 aromatic heterocycles. The lowest BCUT2D eigenvalue weighted by atomic mass is 10.0. The minimum atomic E-state index is -0.279. The summed E-state index contributed by atoms with van der Waals surface area (Å²) in [5.74, 6) is -0.163. The van der Waals surface area contributed by atoms with Gasteiger partial charge in [-0.05, 0) is 37.0 Å². The van der Waals surface area contributed by atoms with E-state index in [4.69, 9.17) is 0 Å². The Bertz CT molecular complexity index is 533. The summed E-state index contributed by atoms with van der Waals surface area (Å²) in [4.78, 5) is 25.5. The van der Waals surface area contributed by atoms with E-state index in [1.807, 2.05) is 17.9 Å². The molecule has 0 radical (unpaired) electrons. The van der Waals surface area contributed by atoms with Crippen molar-refractivity contribution in [3.05, 3.63) is 35.6 Å². The fourth-order valence-electron chi connectivity index (χ4n) is 2.83. The topological polar surface area (TPSA) is 49.4 Å². The number of nitrogens with one attached hydrogen (secondary N) is 1. The third-order valence-electron chi connectivity index (χ3n) is 3.92. The van der Waals surface area contributed by atoms with Gasteiger partial charge in [0.2, 0.25) is 11.8 Å². The molecule has 2 rings (SSSR count). The fourth-order valence-corrected chi connectivity index (χ4v) is 2.83. The zero-order chi connectivity index (χ0) is 15.9. The highest BCUT2D eigenvalue weighted by atomic mass is 19.1. The van der Waals surface area contributed by atoms with Gasteiger partial charge in [0.1, 0.15) is 5.82 Å². The van der Waals surface area contributed by atoms with Crippen LogP contribution in [0, 0.1) is 5.82 Å². The maximum Gasteiger partial charge on any atom is 0.222 e. The van der Waals surface area contributed by atoms with E-state index in [1.165, 1.54) is 12.1 Å². The second kappa shape index (κ2) is 7.92. The second-order valence-electron chi connectivity index (χ2n) is 5.73. The molecule has 1 N–H and O–H groups in total. The molecule has 120 valence electrons. The summed E-state index contributed by atoms with van der Waals surface area (Å²) in [5, 5.41) is 2.89. The van der Waals surface area contributed by atoms with E-state index in [2.05, 4.69) is 5.32 Å². The van der Waals surface area contributed by atoms with Crippen LogP contribution in [0.2, 0.25) is 0 Å². The smallest absolute Gasteiger partial charge is 0.222 e. The zero-order valence-electron chi connectivity index (χ0n) is 13.0. The summed E-state index contributed by atoms with van der Waals surface area (Å²) >= 11 is 0. The van der Waals surface area contributed by atoms with Crippen molar-refractivity contribution in [2.75, 3.05) is 13.1 Å². The van der Waals surface area contributed by atoms with Gasteiger partial charge >= 0.3 is 0 Å². The number of nitrogens with zero attached hydrogens (tertiary/aromatic N) is 1. The first kappa shape index (κ1) is 16.5. The van der Waals surface area contributed by atoms with Crippen molar-refractivity contribution in [3.63, 3.8) is 0 Å². The van der Waals surface area contributed by atoms with E-state index in [0.29, 0.717) is 32.4 Å². The van der Waals surface area contributed by atoms with Gasteiger partial charge in [-0.2, -0.15) is 0 Å². The van der Waals surface area contributed by atoms with E-state index in [-0.39, 0.29) is 23.7 Å². The summed E-state index contributed by atoms with van der Waals surface area (Å²) in [6, 6.07) is 6.30. The number of halogens is 1. The monoisotopic (exact) mass is 306 g/mol. The van der Waals surface area contributed by atoms with Crippen molar-refractivity contribution in [2.45, 2.75) is 45.1 Å². The molecular formula is C17H23FN2O2. The van der Waals surface area contributed by atoms with E-state index in [9.17, 15) is 14.0 Å². The van der Waals surface area contributed by atoms with Gasteiger partial charge < -0.3 is 10.2 Å². The molecule has 0 spiro atoms. The number of likely N-dealkylation sites (tertiary alicyclic amines) is 1. The molecule has 1 saturated heterocycles. The van der Waals surface area contributed by atoms with Crippen LogP contribution >= 0.6 is 0 Å². The second-order valence-corrected chi connectivity index (χ2v) is 5.73. The molecule has 1 heterocycles. The number of hydrogen-bond donors (Lipinski definition) is 1. The lowest BCUT2D eigenvalue weighted by Crippen LogP contribution is -2.45. The number of benzene rings is 1. The summed E-state index contributed by atoms with van der Waals surface area (Å²) in [6.45, 7) is 3.08. The number of carbonyl (C=O) groups excluding carboxylic acids is 2. The first-order chi connectivity index (χ1) is 10.6. The lowest BCUT2D eigenvalue weighted by molar-refractivity contribution is -0.130. The predicted molar refractivity (Wildman–Crippen MR) is 82.8 cm³/mol. The van der Waals surface area contributed by atoms with Crippen molar-refractivity contribution in [1.82, 2.24) is 10.2 Å². The molecule has 0 bridgehead atoms. The Labute approximate surface area is 130 Å². The summed E-state index contributed by atoms with van der Waals surface area (Å²) < 4.78 is 13.3. The van der Waals surface area contributed by atoms with E-state index in [0.717, 1.165) is 18.4 Å². The molecule has 4 nitrogen and oxygen atoms in total. The van der Waals surface area contributed by atoms with Crippen LogP contribution in [-0.2, 0) is 16.0 Å². The molecule has 1 aromatic rings. The SMILES string of the molecule is CCCC(=O)NCC(Cc1cccc(F)c1)N1CCCC1=O. The Balaban J connectivity index is 2.04. The van der Waals surface area contributed by atoms with Crippen molar-refractivity contribution in [1.29, 1.82) is 0 Å². The molecule has 0 saturated carbocycles. The van der Waals surface area contributed by atoms with Gasteiger partial charge in [0.05, 0.1) is 6.04 Å². The molecular weight excluding hydrogens is 283 g/mol. The average molecular weight is 306 g/mol. The maximum absolute atomic E-state index is 13.3. The van der Waals surface area contributed by atoms with Gasteiger partial charge in [-0.1, -0.05) is 19.1 Å². The Hall–Kier alpha value is -1.91. The molecule has 1 aromatic carbocycles. The van der Waals surface area contributed by atoms with Crippen LogP contribution in [0.15, 0.2) is 24.3 Å².